The fourth-order valence-electron chi connectivity index (χ4n) is 1.24. The Morgan fingerprint density at radius 2 is 1.19 bits per heavy atom. The van der Waals surface area contributed by atoms with Gasteiger partial charge in [0.25, 0.3) is 0 Å². The van der Waals surface area contributed by atoms with E-state index in [9.17, 15) is 0 Å². The number of methoxy groups -OCH3 is 2. The van der Waals surface area contributed by atoms with Gasteiger partial charge in [-0.05, 0) is 6.42 Å². The molecule has 0 heterocycles. The summed E-state index contributed by atoms with van der Waals surface area (Å²) in [5.41, 5.74) is 0. The largest absolute Gasteiger partial charge is 0.396 e. The summed E-state index contributed by atoms with van der Waals surface area (Å²) >= 11 is 0. The summed E-state index contributed by atoms with van der Waals surface area (Å²) in [4.78, 5) is 0. The Hall–Kier alpha value is -0.120. The zero-order valence-corrected chi connectivity index (χ0v) is 11.3. The molecule has 100 valence electrons. The van der Waals surface area contributed by atoms with Gasteiger partial charge in [0.15, 0.2) is 0 Å². The molecule has 1 N–H and O–H groups in total. The Morgan fingerprint density at radius 1 is 0.750 bits per heavy atom. The highest BCUT2D eigenvalue weighted by Crippen LogP contribution is 2.05. The van der Waals surface area contributed by atoms with E-state index in [1.807, 2.05) is 0 Å². The van der Waals surface area contributed by atoms with E-state index >= 15 is 0 Å². The highest BCUT2D eigenvalue weighted by Gasteiger charge is 1.88. The van der Waals surface area contributed by atoms with Crippen LogP contribution in [0.3, 0.4) is 0 Å². The van der Waals surface area contributed by atoms with Gasteiger partial charge < -0.3 is 14.6 Å². The average molecular weight is 234 g/mol. The summed E-state index contributed by atoms with van der Waals surface area (Å²) in [5, 5.41) is 8.47. The molecule has 0 saturated carbocycles. The van der Waals surface area contributed by atoms with E-state index in [1.165, 1.54) is 38.5 Å². The number of hydrogen-bond donors (Lipinski definition) is 1. The van der Waals surface area contributed by atoms with Gasteiger partial charge in [-0.1, -0.05) is 45.4 Å². The molecule has 0 aliphatic rings. The maximum atomic E-state index is 8.47. The normalized spacial score (nSPS) is 9.75. The first-order valence-corrected chi connectivity index (χ1v) is 6.42. The van der Waals surface area contributed by atoms with Crippen molar-refractivity contribution in [3.05, 3.63) is 0 Å². The van der Waals surface area contributed by atoms with Crippen molar-refractivity contribution in [1.29, 1.82) is 0 Å². The van der Waals surface area contributed by atoms with Crippen LogP contribution in [0.5, 0.6) is 0 Å². The van der Waals surface area contributed by atoms with Crippen LogP contribution < -0.4 is 0 Å². The standard InChI is InChI=1S/C9H20O.C4H10O2/c1-2-3-4-5-6-7-8-9-10;1-5-3-4-6-2/h10H,2-9H2,1H3;3-4H2,1-2H3. The highest BCUT2D eigenvalue weighted by molar-refractivity contribution is 4.43. The Balaban J connectivity index is 0. The van der Waals surface area contributed by atoms with Gasteiger partial charge >= 0.3 is 0 Å². The van der Waals surface area contributed by atoms with Gasteiger partial charge in [0.2, 0.25) is 0 Å². The molecule has 0 unspecified atom stereocenters. The highest BCUT2D eigenvalue weighted by atomic mass is 16.5. The number of aliphatic hydroxyl groups is 1. The Morgan fingerprint density at radius 3 is 1.56 bits per heavy atom. The number of rotatable bonds is 10. The summed E-state index contributed by atoms with van der Waals surface area (Å²) < 4.78 is 9.31. The molecule has 16 heavy (non-hydrogen) atoms. The second-order valence-corrected chi connectivity index (χ2v) is 3.83. The van der Waals surface area contributed by atoms with Gasteiger partial charge in [0, 0.05) is 20.8 Å². The lowest BCUT2D eigenvalue weighted by atomic mass is 10.1. The van der Waals surface area contributed by atoms with E-state index in [0.717, 1.165) is 6.42 Å². The van der Waals surface area contributed by atoms with Crippen molar-refractivity contribution in [2.24, 2.45) is 0 Å². The summed E-state index contributed by atoms with van der Waals surface area (Å²) in [6.45, 7) is 3.98. The maximum absolute atomic E-state index is 8.47. The van der Waals surface area contributed by atoms with Crippen LogP contribution in [0.25, 0.3) is 0 Å². The first-order chi connectivity index (χ1) is 7.83. The number of unbranched alkanes of at least 4 members (excludes halogenated alkanes) is 6. The minimum atomic E-state index is 0.369. The predicted molar refractivity (Wildman–Crippen MR) is 68.8 cm³/mol. The first-order valence-electron chi connectivity index (χ1n) is 6.42. The van der Waals surface area contributed by atoms with E-state index < -0.39 is 0 Å². The van der Waals surface area contributed by atoms with Gasteiger partial charge in [-0.25, -0.2) is 0 Å². The number of ether oxygens (including phenoxy) is 2. The minimum Gasteiger partial charge on any atom is -0.396 e. The third kappa shape index (κ3) is 23.6. The molecule has 0 rings (SSSR count). The van der Waals surface area contributed by atoms with E-state index in [2.05, 4.69) is 16.4 Å². The molecule has 0 aromatic carbocycles. The second-order valence-electron chi connectivity index (χ2n) is 3.83. The molecule has 0 aromatic heterocycles. The third-order valence-corrected chi connectivity index (χ3v) is 2.25. The molecule has 0 saturated heterocycles. The van der Waals surface area contributed by atoms with Gasteiger partial charge in [-0.3, -0.25) is 0 Å². The smallest absolute Gasteiger partial charge is 0.0696 e. The lowest BCUT2D eigenvalue weighted by molar-refractivity contribution is 0.103. The van der Waals surface area contributed by atoms with Gasteiger partial charge in [-0.2, -0.15) is 0 Å². The molecule has 3 heteroatoms. The number of hydrogen-bond acceptors (Lipinski definition) is 3. The summed E-state index contributed by atoms with van der Waals surface area (Å²) in [6.07, 6.45) is 8.93. The van der Waals surface area contributed by atoms with E-state index in [0.29, 0.717) is 19.8 Å². The summed E-state index contributed by atoms with van der Waals surface area (Å²) in [6, 6.07) is 0. The lowest BCUT2D eigenvalue weighted by Gasteiger charge is -1.97. The molecular formula is C13H30O3. The van der Waals surface area contributed by atoms with Crippen molar-refractivity contribution in [2.45, 2.75) is 51.9 Å². The fraction of sp³-hybridized carbons (Fsp3) is 1.00. The van der Waals surface area contributed by atoms with Crippen molar-refractivity contribution in [3.63, 3.8) is 0 Å². The van der Waals surface area contributed by atoms with Crippen LogP contribution in [0.15, 0.2) is 0 Å². The van der Waals surface area contributed by atoms with Crippen molar-refractivity contribution >= 4 is 0 Å². The van der Waals surface area contributed by atoms with Crippen LogP contribution in [-0.2, 0) is 9.47 Å². The molecule has 3 nitrogen and oxygen atoms in total. The maximum Gasteiger partial charge on any atom is 0.0696 e. The SMILES string of the molecule is CCCCCCCCCO.COCCOC. The topological polar surface area (TPSA) is 38.7 Å². The second kappa shape index (κ2) is 20.3. The molecular weight excluding hydrogens is 204 g/mol. The fourth-order valence-corrected chi connectivity index (χ4v) is 1.24. The Labute approximate surface area is 101 Å². The predicted octanol–water partition coefficient (Wildman–Crippen LogP) is 3.01. The molecule has 0 aliphatic carbocycles. The molecule has 0 radical (unpaired) electrons. The summed E-state index contributed by atoms with van der Waals surface area (Å²) in [7, 11) is 3.30. The zero-order valence-electron chi connectivity index (χ0n) is 11.3. The van der Waals surface area contributed by atoms with Crippen LogP contribution >= 0.6 is 0 Å². The van der Waals surface area contributed by atoms with Crippen molar-refractivity contribution in [1.82, 2.24) is 0 Å². The number of aliphatic hydroxyl groups excluding tert-OH is 1. The van der Waals surface area contributed by atoms with Crippen LogP contribution in [0.2, 0.25) is 0 Å². The quantitative estimate of drug-likeness (QED) is 0.591. The van der Waals surface area contributed by atoms with E-state index in [4.69, 9.17) is 5.11 Å². The molecule has 0 aromatic rings. The third-order valence-electron chi connectivity index (χ3n) is 2.25. The van der Waals surface area contributed by atoms with Crippen LogP contribution in [0, 0.1) is 0 Å². The molecule has 0 atom stereocenters. The van der Waals surface area contributed by atoms with Gasteiger partial charge in [-0.15, -0.1) is 0 Å². The van der Waals surface area contributed by atoms with Crippen LogP contribution in [0.4, 0.5) is 0 Å². The van der Waals surface area contributed by atoms with Crippen molar-refractivity contribution < 1.29 is 14.6 Å². The summed E-state index contributed by atoms with van der Waals surface area (Å²) in [5.74, 6) is 0. The van der Waals surface area contributed by atoms with Crippen LogP contribution in [0.1, 0.15) is 51.9 Å². The monoisotopic (exact) mass is 234 g/mol. The lowest BCUT2D eigenvalue weighted by Crippen LogP contribution is -1.96. The van der Waals surface area contributed by atoms with E-state index in [1.54, 1.807) is 14.2 Å². The molecule has 0 aliphatic heterocycles. The average Bonchev–Trinajstić information content (AvgIpc) is 2.32. The molecule has 0 bridgehead atoms. The molecule has 0 amide bonds. The van der Waals surface area contributed by atoms with Crippen molar-refractivity contribution in [2.75, 3.05) is 34.0 Å². The van der Waals surface area contributed by atoms with Crippen molar-refractivity contribution in [3.8, 4) is 0 Å². The molecule has 0 spiro atoms. The Bertz CT molecular complexity index is 85.2. The van der Waals surface area contributed by atoms with Gasteiger partial charge in [0.1, 0.15) is 0 Å². The first kappa shape index (κ1) is 18.3. The zero-order chi connectivity index (χ0) is 12.5. The Kier molecular flexibility index (Phi) is 23.2. The van der Waals surface area contributed by atoms with Gasteiger partial charge in [0.05, 0.1) is 13.2 Å². The minimum absolute atomic E-state index is 0.369. The molecule has 0 fully saturated rings. The van der Waals surface area contributed by atoms with E-state index in [-0.39, 0.29) is 0 Å². The van der Waals surface area contributed by atoms with Crippen LogP contribution in [-0.4, -0.2) is 39.1 Å².